The number of aryl methyl sites for hydroxylation is 1. The molecule has 11 heteroatoms. The van der Waals surface area contributed by atoms with E-state index >= 15 is 0 Å². The Hall–Kier alpha value is -3.08. The number of hydrogen-bond donors (Lipinski definition) is 2. The molecule has 1 aromatic carbocycles. The summed E-state index contributed by atoms with van der Waals surface area (Å²) in [7, 11) is 0. The maximum Gasteiger partial charge on any atom is 0.229 e. The first kappa shape index (κ1) is 19.2. The first-order valence-corrected chi connectivity index (χ1v) is 10.3. The zero-order valence-electron chi connectivity index (χ0n) is 15.9. The number of nitrogens with one attached hydrogen (secondary N) is 2. The van der Waals surface area contributed by atoms with Crippen LogP contribution in [0.15, 0.2) is 18.2 Å². The second-order valence-corrected chi connectivity index (χ2v) is 7.70. The normalized spacial score (nSPS) is 16.5. The van der Waals surface area contributed by atoms with Crippen LogP contribution in [0.3, 0.4) is 0 Å². The predicted octanol–water partition coefficient (Wildman–Crippen LogP) is 1.31. The van der Waals surface area contributed by atoms with Gasteiger partial charge in [0.1, 0.15) is 5.75 Å². The lowest BCUT2D eigenvalue weighted by Gasteiger charge is -2.13. The average molecular weight is 415 g/mol. The van der Waals surface area contributed by atoms with Gasteiger partial charge in [0, 0.05) is 25.9 Å². The minimum atomic E-state index is -0.376. The van der Waals surface area contributed by atoms with Crippen LogP contribution in [0.4, 0.5) is 5.13 Å². The van der Waals surface area contributed by atoms with E-state index in [1.54, 1.807) is 4.90 Å². The van der Waals surface area contributed by atoms with Crippen molar-refractivity contribution in [2.75, 3.05) is 24.6 Å². The van der Waals surface area contributed by atoms with Crippen molar-refractivity contribution < 1.29 is 14.3 Å². The van der Waals surface area contributed by atoms with Gasteiger partial charge in [-0.05, 0) is 31.5 Å². The van der Waals surface area contributed by atoms with E-state index < -0.39 is 0 Å². The molecule has 1 saturated heterocycles. The first-order chi connectivity index (χ1) is 14.1. The number of benzene rings is 1. The molecular formula is C18H21N7O3S. The second kappa shape index (κ2) is 8.52. The van der Waals surface area contributed by atoms with Gasteiger partial charge in [0.25, 0.3) is 0 Å². The van der Waals surface area contributed by atoms with Crippen molar-refractivity contribution in [3.63, 3.8) is 0 Å². The third-order valence-electron chi connectivity index (χ3n) is 4.65. The summed E-state index contributed by atoms with van der Waals surface area (Å²) in [6.07, 6.45) is 1.52. The number of rotatable bonds is 8. The summed E-state index contributed by atoms with van der Waals surface area (Å²) >= 11 is 1.43. The van der Waals surface area contributed by atoms with Gasteiger partial charge in [-0.2, -0.15) is 5.21 Å². The average Bonchev–Trinajstić information content (AvgIpc) is 3.44. The van der Waals surface area contributed by atoms with Crippen molar-refractivity contribution in [2.24, 2.45) is 5.92 Å². The Labute approximate surface area is 170 Å². The topological polar surface area (TPSA) is 126 Å². The van der Waals surface area contributed by atoms with Crippen molar-refractivity contribution in [3.8, 4) is 5.75 Å². The van der Waals surface area contributed by atoms with E-state index in [-0.39, 0.29) is 24.2 Å². The molecule has 1 unspecified atom stereocenters. The molecule has 29 heavy (non-hydrogen) atoms. The highest BCUT2D eigenvalue weighted by molar-refractivity contribution is 7.22. The van der Waals surface area contributed by atoms with Crippen molar-refractivity contribution in [2.45, 2.75) is 26.2 Å². The lowest BCUT2D eigenvalue weighted by molar-refractivity contribution is -0.126. The van der Waals surface area contributed by atoms with Crippen LogP contribution >= 0.6 is 11.3 Å². The van der Waals surface area contributed by atoms with Crippen LogP contribution in [0.1, 0.15) is 25.6 Å². The van der Waals surface area contributed by atoms with Crippen molar-refractivity contribution in [1.29, 1.82) is 0 Å². The fourth-order valence-electron chi connectivity index (χ4n) is 3.22. The fraction of sp³-hybridized carbons (Fsp3) is 0.444. The number of carbonyl (C=O) groups excluding carboxylic acids is 2. The lowest BCUT2D eigenvalue weighted by atomic mass is 10.1. The summed E-state index contributed by atoms with van der Waals surface area (Å²) in [5.41, 5.74) is 0.815. The zero-order valence-corrected chi connectivity index (χ0v) is 16.7. The van der Waals surface area contributed by atoms with Crippen LogP contribution in [0.5, 0.6) is 5.75 Å². The molecule has 4 rings (SSSR count). The summed E-state index contributed by atoms with van der Waals surface area (Å²) in [5.74, 6) is 0.819. The largest absolute Gasteiger partial charge is 0.494 e. The van der Waals surface area contributed by atoms with Gasteiger partial charge in [0.2, 0.25) is 11.8 Å². The Morgan fingerprint density at radius 2 is 2.34 bits per heavy atom. The van der Waals surface area contributed by atoms with E-state index in [0.29, 0.717) is 43.5 Å². The highest BCUT2D eigenvalue weighted by atomic mass is 32.1. The third kappa shape index (κ3) is 4.34. The number of nitrogens with zero attached hydrogens (tertiary/aromatic N) is 5. The monoisotopic (exact) mass is 415 g/mol. The maximum atomic E-state index is 12.5. The molecule has 0 bridgehead atoms. The van der Waals surface area contributed by atoms with E-state index in [1.807, 2.05) is 25.1 Å². The number of tetrazole rings is 1. The van der Waals surface area contributed by atoms with Gasteiger partial charge in [0.05, 0.1) is 22.7 Å². The lowest BCUT2D eigenvalue weighted by Crippen LogP contribution is -2.33. The molecule has 2 N–H and O–H groups in total. The van der Waals surface area contributed by atoms with E-state index in [1.165, 1.54) is 11.3 Å². The SMILES string of the molecule is CCOc1ccc2nc(N3CC(C(=O)NCCCc4nn[nH]n4)CC3=O)sc2c1. The summed E-state index contributed by atoms with van der Waals surface area (Å²) in [6.45, 7) is 3.36. The minimum absolute atomic E-state index is 0.0824. The number of carbonyl (C=O) groups is 2. The van der Waals surface area contributed by atoms with Crippen LogP contribution in [-0.2, 0) is 16.0 Å². The highest BCUT2D eigenvalue weighted by Crippen LogP contribution is 2.34. The van der Waals surface area contributed by atoms with E-state index in [9.17, 15) is 9.59 Å². The van der Waals surface area contributed by atoms with Gasteiger partial charge in [0.15, 0.2) is 11.0 Å². The van der Waals surface area contributed by atoms with Gasteiger partial charge < -0.3 is 10.1 Å². The number of amides is 2. The van der Waals surface area contributed by atoms with E-state index in [2.05, 4.69) is 30.9 Å². The van der Waals surface area contributed by atoms with Gasteiger partial charge in [-0.1, -0.05) is 16.6 Å². The minimum Gasteiger partial charge on any atom is -0.494 e. The number of anilines is 1. The van der Waals surface area contributed by atoms with Crippen LogP contribution in [-0.4, -0.2) is 57.1 Å². The Balaban J connectivity index is 1.34. The van der Waals surface area contributed by atoms with E-state index in [0.717, 1.165) is 16.0 Å². The first-order valence-electron chi connectivity index (χ1n) is 9.48. The molecule has 1 atom stereocenters. The van der Waals surface area contributed by atoms with Crippen molar-refractivity contribution in [3.05, 3.63) is 24.0 Å². The Kier molecular flexibility index (Phi) is 5.65. The Bertz CT molecular complexity index is 1000. The smallest absolute Gasteiger partial charge is 0.229 e. The van der Waals surface area contributed by atoms with Crippen LogP contribution in [0.25, 0.3) is 10.2 Å². The third-order valence-corrected chi connectivity index (χ3v) is 5.69. The van der Waals surface area contributed by atoms with Gasteiger partial charge in [-0.15, -0.1) is 10.2 Å². The number of fused-ring (bicyclic) bond motifs is 1. The van der Waals surface area contributed by atoms with Gasteiger partial charge in [-0.25, -0.2) is 4.98 Å². The fourth-order valence-corrected chi connectivity index (χ4v) is 4.24. The molecule has 0 spiro atoms. The molecule has 1 aliphatic rings. The summed E-state index contributed by atoms with van der Waals surface area (Å²) in [5, 5.41) is 17.1. The molecule has 10 nitrogen and oxygen atoms in total. The summed E-state index contributed by atoms with van der Waals surface area (Å²) in [4.78, 5) is 31.1. The number of ether oxygens (including phenoxy) is 1. The zero-order chi connectivity index (χ0) is 20.2. The molecule has 1 aliphatic heterocycles. The molecule has 3 aromatic rings. The van der Waals surface area contributed by atoms with Crippen molar-refractivity contribution >= 4 is 38.5 Å². The van der Waals surface area contributed by atoms with Gasteiger partial charge >= 0.3 is 0 Å². The summed E-state index contributed by atoms with van der Waals surface area (Å²) < 4.78 is 6.47. The molecule has 1 fully saturated rings. The molecule has 2 aromatic heterocycles. The molecule has 0 radical (unpaired) electrons. The number of aromatic nitrogens is 5. The number of H-pyrrole nitrogens is 1. The van der Waals surface area contributed by atoms with Gasteiger partial charge in [-0.3, -0.25) is 14.5 Å². The molecule has 152 valence electrons. The second-order valence-electron chi connectivity index (χ2n) is 6.69. The van der Waals surface area contributed by atoms with Crippen molar-refractivity contribution in [1.82, 2.24) is 30.9 Å². The molecule has 0 aliphatic carbocycles. The maximum absolute atomic E-state index is 12.5. The number of aromatic amines is 1. The molecule has 3 heterocycles. The number of hydrogen-bond acceptors (Lipinski definition) is 8. The molecule has 0 saturated carbocycles. The Morgan fingerprint density at radius 1 is 1.45 bits per heavy atom. The standard InChI is InChI=1S/C18H21N7O3S/c1-2-28-12-5-6-13-14(9-12)29-18(20-13)25-10-11(8-16(25)26)17(27)19-7-3-4-15-21-23-24-22-15/h5-6,9,11H,2-4,7-8,10H2,1H3,(H,19,27)(H,21,22,23,24). The van der Waals surface area contributed by atoms with Crippen LogP contribution < -0.4 is 15.0 Å². The van der Waals surface area contributed by atoms with E-state index in [4.69, 9.17) is 4.74 Å². The number of thiazole rings is 1. The molecule has 2 amide bonds. The quantitative estimate of drug-likeness (QED) is 0.531. The summed E-state index contributed by atoms with van der Waals surface area (Å²) in [6, 6.07) is 5.68. The predicted molar refractivity (Wildman–Crippen MR) is 107 cm³/mol. The Morgan fingerprint density at radius 3 is 3.14 bits per heavy atom. The van der Waals surface area contributed by atoms with Crippen LogP contribution in [0, 0.1) is 5.92 Å². The van der Waals surface area contributed by atoms with Crippen LogP contribution in [0.2, 0.25) is 0 Å². The highest BCUT2D eigenvalue weighted by Gasteiger charge is 2.36. The molecular weight excluding hydrogens is 394 g/mol.